The molecule has 4 aromatic heterocycles. The van der Waals surface area contributed by atoms with Crippen LogP contribution < -0.4 is 5.32 Å². The predicted molar refractivity (Wildman–Crippen MR) is 99.2 cm³/mol. The Morgan fingerprint density at radius 2 is 1.81 bits per heavy atom. The molecular weight excluding hydrogens is 442 g/mol. The van der Waals surface area contributed by atoms with Crippen LogP contribution in [-0.4, -0.2) is 30.1 Å². The quantitative estimate of drug-likeness (QED) is 0.462. The van der Waals surface area contributed by atoms with Gasteiger partial charge in [-0.3, -0.25) is 14.2 Å². The number of carbonyl (C=O) groups is 1. The monoisotopic (exact) mass is 454 g/mol. The fraction of sp³-hybridized carbons (Fsp3) is 0.158. The van der Waals surface area contributed by atoms with Gasteiger partial charge in [0.15, 0.2) is 5.69 Å². The molecule has 32 heavy (non-hydrogen) atoms. The number of hydrogen-bond donors (Lipinski definition) is 1. The van der Waals surface area contributed by atoms with Crippen molar-refractivity contribution >= 4 is 17.2 Å². The van der Waals surface area contributed by atoms with E-state index in [-0.39, 0.29) is 11.5 Å². The molecule has 4 aromatic rings. The number of rotatable bonds is 3. The van der Waals surface area contributed by atoms with Crippen LogP contribution in [0.2, 0.25) is 0 Å². The van der Waals surface area contributed by atoms with Gasteiger partial charge in [0.05, 0.1) is 17.5 Å². The Morgan fingerprint density at radius 1 is 1.06 bits per heavy atom. The van der Waals surface area contributed by atoms with Crippen molar-refractivity contribution in [2.24, 2.45) is 0 Å². The van der Waals surface area contributed by atoms with E-state index in [2.05, 4.69) is 15.1 Å². The van der Waals surface area contributed by atoms with Gasteiger partial charge < -0.3 is 5.32 Å². The number of alkyl halides is 6. The molecule has 166 valence electrons. The zero-order valence-corrected chi connectivity index (χ0v) is 16.0. The summed E-state index contributed by atoms with van der Waals surface area (Å²) in [7, 11) is 0. The van der Waals surface area contributed by atoms with E-state index in [9.17, 15) is 31.1 Å². The number of pyridine rings is 2. The fourth-order valence-corrected chi connectivity index (χ4v) is 3.11. The maximum absolute atomic E-state index is 13.9. The summed E-state index contributed by atoms with van der Waals surface area (Å²) in [6.45, 7) is 1.66. The first kappa shape index (κ1) is 21.3. The average molecular weight is 454 g/mol. The van der Waals surface area contributed by atoms with Gasteiger partial charge in [-0.05, 0) is 31.2 Å². The molecule has 7 nitrogen and oxygen atoms in total. The van der Waals surface area contributed by atoms with E-state index in [0.717, 1.165) is 12.3 Å². The molecular formula is C19H12F6N6O. The van der Waals surface area contributed by atoms with Crippen LogP contribution in [-0.2, 0) is 12.4 Å². The van der Waals surface area contributed by atoms with E-state index in [4.69, 9.17) is 0 Å². The molecule has 0 aromatic carbocycles. The first-order chi connectivity index (χ1) is 14.9. The lowest BCUT2D eigenvalue weighted by molar-refractivity contribution is -0.143. The highest BCUT2D eigenvalue weighted by molar-refractivity contribution is 6.05. The molecule has 0 unspecified atom stereocenters. The summed E-state index contributed by atoms with van der Waals surface area (Å²) in [5.41, 5.74) is -3.01. The van der Waals surface area contributed by atoms with Crippen molar-refractivity contribution in [3.8, 4) is 5.82 Å². The van der Waals surface area contributed by atoms with Crippen LogP contribution in [0.1, 0.15) is 27.4 Å². The van der Waals surface area contributed by atoms with E-state index < -0.39 is 35.2 Å². The van der Waals surface area contributed by atoms with Gasteiger partial charge in [-0.15, -0.1) is 0 Å². The highest BCUT2D eigenvalue weighted by Crippen LogP contribution is 2.34. The molecule has 0 saturated heterocycles. The molecule has 0 aliphatic rings. The highest BCUT2D eigenvalue weighted by Gasteiger charge is 2.41. The van der Waals surface area contributed by atoms with Gasteiger partial charge in [-0.2, -0.15) is 31.4 Å². The first-order valence-corrected chi connectivity index (χ1v) is 8.90. The number of carbonyl (C=O) groups excluding carboxylic acids is 1. The number of fused-ring (bicyclic) bond motifs is 1. The molecule has 0 fully saturated rings. The SMILES string of the molecule is Cc1cn2c(-n3ncc(C(=O)Nc4ccnc(C(F)(F)F)c4)c3C(F)(F)F)cccc2n1. The largest absolute Gasteiger partial charge is 0.434 e. The topological polar surface area (TPSA) is 77.1 Å². The molecule has 0 spiro atoms. The molecule has 0 aliphatic carbocycles. The van der Waals surface area contributed by atoms with Gasteiger partial charge in [0.25, 0.3) is 5.91 Å². The smallest absolute Gasteiger partial charge is 0.322 e. The lowest BCUT2D eigenvalue weighted by Gasteiger charge is -2.14. The summed E-state index contributed by atoms with van der Waals surface area (Å²) >= 11 is 0. The molecule has 1 amide bonds. The van der Waals surface area contributed by atoms with Crippen LogP contribution in [0, 0.1) is 6.92 Å². The van der Waals surface area contributed by atoms with Gasteiger partial charge in [0, 0.05) is 18.1 Å². The van der Waals surface area contributed by atoms with Gasteiger partial charge in [-0.1, -0.05) is 6.07 Å². The van der Waals surface area contributed by atoms with Gasteiger partial charge >= 0.3 is 12.4 Å². The Kier molecular flexibility index (Phi) is 4.90. The summed E-state index contributed by atoms with van der Waals surface area (Å²) in [5.74, 6) is -1.31. The maximum atomic E-state index is 13.9. The minimum atomic E-state index is -5.00. The number of nitrogens with one attached hydrogen (secondary N) is 1. The van der Waals surface area contributed by atoms with Crippen molar-refractivity contribution in [1.82, 2.24) is 24.1 Å². The summed E-state index contributed by atoms with van der Waals surface area (Å²) in [5, 5.41) is 5.76. The normalized spacial score (nSPS) is 12.3. The lowest BCUT2D eigenvalue weighted by atomic mass is 10.2. The summed E-state index contributed by atoms with van der Waals surface area (Å²) in [6.07, 6.45) is -6.80. The molecule has 0 radical (unpaired) electrons. The average Bonchev–Trinajstić information content (AvgIpc) is 3.30. The molecule has 13 heteroatoms. The van der Waals surface area contributed by atoms with Crippen molar-refractivity contribution in [3.05, 3.63) is 71.6 Å². The third kappa shape index (κ3) is 3.88. The predicted octanol–water partition coefficient (Wildman–Crippen LogP) is 4.51. The second kappa shape index (κ2) is 7.35. The number of aromatic nitrogens is 5. The van der Waals surface area contributed by atoms with E-state index in [1.165, 1.54) is 22.7 Å². The first-order valence-electron chi connectivity index (χ1n) is 8.90. The van der Waals surface area contributed by atoms with Crippen LogP contribution in [0.15, 0.2) is 48.9 Å². The van der Waals surface area contributed by atoms with Crippen LogP contribution >= 0.6 is 0 Å². The fourth-order valence-electron chi connectivity index (χ4n) is 3.11. The second-order valence-electron chi connectivity index (χ2n) is 6.69. The van der Waals surface area contributed by atoms with Crippen molar-refractivity contribution in [1.29, 1.82) is 0 Å². The van der Waals surface area contributed by atoms with Crippen LogP contribution in [0.4, 0.5) is 32.0 Å². The number of amides is 1. The number of halogens is 6. The van der Waals surface area contributed by atoms with Crippen LogP contribution in [0.25, 0.3) is 11.5 Å². The standard InChI is InChI=1S/C19H12F6N6O/c1-10-9-30-14(28-10)3-2-4-15(30)31-16(19(23,24)25)12(8-27-31)17(32)29-11-5-6-26-13(7-11)18(20,21)22/h2-9H,1H3,(H,26,29,32). The van der Waals surface area contributed by atoms with Gasteiger partial charge in [0.2, 0.25) is 0 Å². The second-order valence-corrected chi connectivity index (χ2v) is 6.69. The molecule has 0 bridgehead atoms. The Hall–Kier alpha value is -3.90. The molecule has 4 heterocycles. The lowest BCUT2D eigenvalue weighted by Crippen LogP contribution is -2.21. The van der Waals surface area contributed by atoms with Gasteiger partial charge in [0.1, 0.15) is 17.2 Å². The zero-order chi connectivity index (χ0) is 23.3. The molecule has 4 rings (SSSR count). The number of nitrogens with zero attached hydrogens (tertiary/aromatic N) is 5. The number of anilines is 1. The third-order valence-corrected chi connectivity index (χ3v) is 4.40. The van der Waals surface area contributed by atoms with Crippen molar-refractivity contribution in [3.63, 3.8) is 0 Å². The molecule has 0 aliphatic heterocycles. The van der Waals surface area contributed by atoms with Crippen molar-refractivity contribution in [2.45, 2.75) is 19.3 Å². The number of hydrogen-bond acceptors (Lipinski definition) is 4. The summed E-state index contributed by atoms with van der Waals surface area (Å²) < 4.78 is 82.2. The highest BCUT2D eigenvalue weighted by atomic mass is 19.4. The third-order valence-electron chi connectivity index (χ3n) is 4.40. The van der Waals surface area contributed by atoms with Crippen molar-refractivity contribution < 1.29 is 31.1 Å². The number of imidazole rings is 1. The summed E-state index contributed by atoms with van der Waals surface area (Å²) in [6, 6.07) is 5.97. The Morgan fingerprint density at radius 3 is 2.50 bits per heavy atom. The molecule has 0 atom stereocenters. The summed E-state index contributed by atoms with van der Waals surface area (Å²) in [4.78, 5) is 19.9. The van der Waals surface area contributed by atoms with Crippen LogP contribution in [0.5, 0.6) is 0 Å². The van der Waals surface area contributed by atoms with E-state index in [1.54, 1.807) is 13.0 Å². The molecule has 1 N–H and O–H groups in total. The Labute approximate surface area is 175 Å². The Balaban J connectivity index is 1.78. The molecule has 0 saturated carbocycles. The van der Waals surface area contributed by atoms with E-state index >= 15 is 0 Å². The van der Waals surface area contributed by atoms with E-state index in [1.807, 2.05) is 5.32 Å². The van der Waals surface area contributed by atoms with E-state index in [0.29, 0.717) is 28.3 Å². The van der Waals surface area contributed by atoms with Crippen molar-refractivity contribution in [2.75, 3.05) is 5.32 Å². The Bertz CT molecular complexity index is 1320. The minimum absolute atomic E-state index is 0.0299. The van der Waals surface area contributed by atoms with Crippen LogP contribution in [0.3, 0.4) is 0 Å². The zero-order valence-electron chi connectivity index (χ0n) is 16.0. The van der Waals surface area contributed by atoms with Gasteiger partial charge in [-0.25, -0.2) is 9.67 Å². The minimum Gasteiger partial charge on any atom is -0.322 e. The maximum Gasteiger partial charge on any atom is 0.434 e. The number of aryl methyl sites for hydroxylation is 1.